The summed E-state index contributed by atoms with van der Waals surface area (Å²) >= 11 is 3.39. The Labute approximate surface area is 213 Å². The Morgan fingerprint density at radius 2 is 1.77 bits per heavy atom. The summed E-state index contributed by atoms with van der Waals surface area (Å²) in [5.74, 6) is 1.01. The summed E-state index contributed by atoms with van der Waals surface area (Å²) in [5.41, 5.74) is 5.40. The lowest BCUT2D eigenvalue weighted by atomic mass is 10.0. The quantitative estimate of drug-likeness (QED) is 0.165. The van der Waals surface area contributed by atoms with E-state index in [1.165, 1.54) is 6.21 Å². The van der Waals surface area contributed by atoms with Crippen LogP contribution in [-0.4, -0.2) is 31.8 Å². The van der Waals surface area contributed by atoms with E-state index in [1.54, 1.807) is 49.6 Å². The van der Waals surface area contributed by atoms with Crippen LogP contribution in [0.3, 0.4) is 0 Å². The molecule has 0 bridgehead atoms. The smallest absolute Gasteiger partial charge is 0.343 e. The number of halogens is 1. The van der Waals surface area contributed by atoms with Gasteiger partial charge in [0, 0.05) is 10.0 Å². The maximum Gasteiger partial charge on any atom is 0.343 e. The first-order valence-corrected chi connectivity index (χ1v) is 11.8. The minimum Gasteiger partial charge on any atom is -0.497 e. The monoisotopic (exact) mass is 538 g/mol. The molecule has 8 heteroatoms. The number of hydrogen-bond acceptors (Lipinski definition) is 6. The Balaban J connectivity index is 1.62. The Bertz CT molecular complexity index is 1220. The zero-order valence-corrected chi connectivity index (χ0v) is 21.6. The fourth-order valence-corrected chi connectivity index (χ4v) is 3.46. The van der Waals surface area contributed by atoms with Gasteiger partial charge in [-0.15, -0.1) is 0 Å². The molecule has 1 N–H and O–H groups in total. The maximum atomic E-state index is 12.5. The molecule has 0 heterocycles. The van der Waals surface area contributed by atoms with E-state index in [0.717, 1.165) is 15.6 Å². The normalized spacial score (nSPS) is 10.9. The van der Waals surface area contributed by atoms with Crippen LogP contribution in [0.2, 0.25) is 0 Å². The third kappa shape index (κ3) is 7.42. The number of nitrogens with one attached hydrogen (secondary N) is 1. The third-order valence-electron chi connectivity index (χ3n) is 5.13. The van der Waals surface area contributed by atoms with Crippen LogP contribution in [0, 0.1) is 6.92 Å². The molecule has 1 amide bonds. The molecule has 0 aliphatic carbocycles. The SMILES string of the molecule is COc1ccc(C(=O)Oc2ccc(Br)cc2/C=N/NC(=O)COc2cc(C(C)C)ccc2C)cc1. The van der Waals surface area contributed by atoms with Gasteiger partial charge in [-0.3, -0.25) is 4.79 Å². The van der Waals surface area contributed by atoms with E-state index in [1.807, 2.05) is 25.1 Å². The summed E-state index contributed by atoms with van der Waals surface area (Å²) in [4.78, 5) is 24.8. The number of benzene rings is 3. The predicted molar refractivity (Wildman–Crippen MR) is 139 cm³/mol. The van der Waals surface area contributed by atoms with E-state index in [4.69, 9.17) is 14.2 Å². The molecule has 0 saturated heterocycles. The molecule has 182 valence electrons. The van der Waals surface area contributed by atoms with Crippen molar-refractivity contribution in [2.24, 2.45) is 5.10 Å². The second-order valence-corrected chi connectivity index (χ2v) is 8.98. The van der Waals surface area contributed by atoms with Crippen molar-refractivity contribution in [2.75, 3.05) is 13.7 Å². The van der Waals surface area contributed by atoms with Crippen LogP contribution >= 0.6 is 15.9 Å². The maximum absolute atomic E-state index is 12.5. The minimum absolute atomic E-state index is 0.183. The number of methoxy groups -OCH3 is 1. The molecule has 3 aromatic carbocycles. The van der Waals surface area contributed by atoms with Gasteiger partial charge in [-0.2, -0.15) is 5.10 Å². The molecule has 0 fully saturated rings. The average Bonchev–Trinajstić information content (AvgIpc) is 2.85. The van der Waals surface area contributed by atoms with Gasteiger partial charge in [-0.1, -0.05) is 41.9 Å². The molecule has 35 heavy (non-hydrogen) atoms. The largest absolute Gasteiger partial charge is 0.497 e. The highest BCUT2D eigenvalue weighted by molar-refractivity contribution is 9.10. The van der Waals surface area contributed by atoms with Crippen LogP contribution in [0.4, 0.5) is 0 Å². The molecule has 3 aromatic rings. The van der Waals surface area contributed by atoms with Crippen molar-refractivity contribution in [3.63, 3.8) is 0 Å². The van der Waals surface area contributed by atoms with Crippen molar-refractivity contribution >= 4 is 34.0 Å². The van der Waals surface area contributed by atoms with Gasteiger partial charge in [0.1, 0.15) is 17.2 Å². The van der Waals surface area contributed by atoms with Crippen molar-refractivity contribution in [1.82, 2.24) is 5.43 Å². The van der Waals surface area contributed by atoms with E-state index < -0.39 is 11.9 Å². The number of carbonyl (C=O) groups is 2. The molecule has 0 spiro atoms. The Morgan fingerprint density at radius 3 is 2.46 bits per heavy atom. The van der Waals surface area contributed by atoms with Crippen molar-refractivity contribution in [3.05, 3.63) is 87.4 Å². The number of hydrazone groups is 1. The lowest BCUT2D eigenvalue weighted by Crippen LogP contribution is -2.24. The summed E-state index contributed by atoms with van der Waals surface area (Å²) < 4.78 is 17.1. The fraction of sp³-hybridized carbons (Fsp3) is 0.222. The number of esters is 1. The Hall–Kier alpha value is -3.65. The topological polar surface area (TPSA) is 86.2 Å². The number of rotatable bonds is 9. The summed E-state index contributed by atoms with van der Waals surface area (Å²) in [6, 6.07) is 17.7. The molecule has 0 atom stereocenters. The van der Waals surface area contributed by atoms with Crippen LogP contribution in [0.5, 0.6) is 17.2 Å². The Morgan fingerprint density at radius 1 is 1.03 bits per heavy atom. The van der Waals surface area contributed by atoms with Crippen molar-refractivity contribution in [1.29, 1.82) is 0 Å². The molecule has 0 aromatic heterocycles. The highest BCUT2D eigenvalue weighted by Gasteiger charge is 2.12. The second kappa shape index (κ2) is 12.2. The van der Waals surface area contributed by atoms with Gasteiger partial charge >= 0.3 is 5.97 Å². The van der Waals surface area contributed by atoms with Gasteiger partial charge < -0.3 is 14.2 Å². The number of nitrogens with zero attached hydrogens (tertiary/aromatic N) is 1. The highest BCUT2D eigenvalue weighted by Crippen LogP contribution is 2.25. The minimum atomic E-state index is -0.527. The van der Waals surface area contributed by atoms with Gasteiger partial charge in [-0.05, 0) is 72.5 Å². The van der Waals surface area contributed by atoms with Gasteiger partial charge in [0.15, 0.2) is 6.61 Å². The number of carbonyl (C=O) groups excluding carboxylic acids is 2. The first kappa shape index (κ1) is 26.0. The van der Waals surface area contributed by atoms with Crippen molar-refractivity contribution in [2.45, 2.75) is 26.7 Å². The molecule has 7 nitrogen and oxygen atoms in total. The van der Waals surface area contributed by atoms with Crippen molar-refractivity contribution in [3.8, 4) is 17.2 Å². The molecule has 0 aliphatic heterocycles. The lowest BCUT2D eigenvalue weighted by Gasteiger charge is -2.12. The molecule has 0 unspecified atom stereocenters. The van der Waals surface area contributed by atoms with Crippen LogP contribution < -0.4 is 19.6 Å². The zero-order chi connectivity index (χ0) is 25.4. The van der Waals surface area contributed by atoms with E-state index in [-0.39, 0.29) is 6.61 Å². The van der Waals surface area contributed by atoms with E-state index >= 15 is 0 Å². The van der Waals surface area contributed by atoms with Crippen LogP contribution in [0.1, 0.15) is 46.8 Å². The fourth-order valence-electron chi connectivity index (χ4n) is 3.08. The number of amides is 1. The van der Waals surface area contributed by atoms with E-state index in [9.17, 15) is 9.59 Å². The molecule has 3 rings (SSSR count). The van der Waals surface area contributed by atoms with Crippen LogP contribution in [-0.2, 0) is 4.79 Å². The van der Waals surface area contributed by atoms with Crippen molar-refractivity contribution < 1.29 is 23.8 Å². The summed E-state index contributed by atoms with van der Waals surface area (Å²) in [7, 11) is 1.55. The molecule has 0 saturated carbocycles. The molecular weight excluding hydrogens is 512 g/mol. The van der Waals surface area contributed by atoms with E-state index in [2.05, 4.69) is 40.3 Å². The Kier molecular flexibility index (Phi) is 9.03. The summed E-state index contributed by atoms with van der Waals surface area (Å²) in [6.07, 6.45) is 1.41. The summed E-state index contributed by atoms with van der Waals surface area (Å²) in [6.45, 7) is 5.94. The number of ether oxygens (including phenoxy) is 3. The molecular formula is C27H27BrN2O5. The predicted octanol–water partition coefficient (Wildman–Crippen LogP) is 5.64. The standard InChI is InChI=1S/C27H27BrN2O5/c1-17(2)20-6-5-18(3)25(14-20)34-16-26(31)30-29-15-21-13-22(28)9-12-24(21)35-27(32)19-7-10-23(33-4)11-8-19/h5-15,17H,16H2,1-4H3,(H,30,31)/b29-15+. The van der Waals surface area contributed by atoms with Gasteiger partial charge in [0.05, 0.1) is 18.9 Å². The second-order valence-electron chi connectivity index (χ2n) is 8.06. The molecule has 0 aliphatic rings. The molecule has 0 radical (unpaired) electrons. The highest BCUT2D eigenvalue weighted by atomic mass is 79.9. The van der Waals surface area contributed by atoms with Gasteiger partial charge in [0.25, 0.3) is 5.91 Å². The van der Waals surface area contributed by atoms with Gasteiger partial charge in [-0.25, -0.2) is 10.2 Å². The summed E-state index contributed by atoms with van der Waals surface area (Å²) in [5, 5.41) is 3.99. The zero-order valence-electron chi connectivity index (χ0n) is 20.0. The van der Waals surface area contributed by atoms with Crippen LogP contribution in [0.25, 0.3) is 0 Å². The van der Waals surface area contributed by atoms with Gasteiger partial charge in [0.2, 0.25) is 0 Å². The number of hydrogen-bond donors (Lipinski definition) is 1. The first-order chi connectivity index (χ1) is 16.8. The third-order valence-corrected chi connectivity index (χ3v) is 5.62. The van der Waals surface area contributed by atoms with E-state index in [0.29, 0.717) is 34.3 Å². The number of aryl methyl sites for hydroxylation is 1. The lowest BCUT2D eigenvalue weighted by molar-refractivity contribution is -0.123. The van der Waals surface area contributed by atoms with Crippen LogP contribution in [0.15, 0.2) is 70.2 Å². The first-order valence-electron chi connectivity index (χ1n) is 11.0. The average molecular weight is 539 g/mol.